The van der Waals surface area contributed by atoms with Crippen molar-refractivity contribution in [2.24, 2.45) is 5.92 Å². The van der Waals surface area contributed by atoms with Gasteiger partial charge in [0.25, 0.3) is 0 Å². The number of carbonyl (C=O) groups is 3. The topological polar surface area (TPSA) is 80.7 Å². The fourth-order valence-electron chi connectivity index (χ4n) is 1.04. The quantitative estimate of drug-likeness (QED) is 0.343. The third-order valence-electron chi connectivity index (χ3n) is 1.81. The summed E-state index contributed by atoms with van der Waals surface area (Å²) in [6.45, 7) is 7.30. The maximum Gasteiger partial charge on any atom is 0.333 e. The number of carboxylic acid groups (broad SMARTS) is 1. The van der Waals surface area contributed by atoms with Crippen molar-refractivity contribution < 1.29 is 45.9 Å². The van der Waals surface area contributed by atoms with E-state index < -0.39 is 29.7 Å². The first-order chi connectivity index (χ1) is 6.77. The van der Waals surface area contributed by atoms with Gasteiger partial charge in [-0.25, -0.2) is 4.79 Å². The molecule has 88 valence electrons. The van der Waals surface area contributed by atoms with Gasteiger partial charge in [0, 0.05) is 27.3 Å². The van der Waals surface area contributed by atoms with E-state index in [1.807, 2.05) is 0 Å². The van der Waals surface area contributed by atoms with Crippen LogP contribution in [0.3, 0.4) is 0 Å². The SMILES string of the molecule is C=C(C)C(=O)OC(C)C(C(C)=O)C(=O)O.[Ti]. The molecule has 6 heteroatoms. The largest absolute Gasteiger partial charge is 0.481 e. The zero-order valence-corrected chi connectivity index (χ0v) is 11.0. The molecular weight excluding hydrogens is 248 g/mol. The van der Waals surface area contributed by atoms with Gasteiger partial charge in [0.1, 0.15) is 11.9 Å². The number of hydrogen-bond donors (Lipinski definition) is 1. The molecule has 0 aromatic heterocycles. The van der Waals surface area contributed by atoms with Crippen LogP contribution in [0.25, 0.3) is 0 Å². The molecule has 0 radical (unpaired) electrons. The van der Waals surface area contributed by atoms with E-state index in [2.05, 4.69) is 6.58 Å². The molecule has 2 atom stereocenters. The minimum Gasteiger partial charge on any atom is -0.481 e. The van der Waals surface area contributed by atoms with Gasteiger partial charge in [-0.1, -0.05) is 6.58 Å². The first kappa shape index (κ1) is 17.5. The molecule has 0 saturated carbocycles. The Morgan fingerprint density at radius 3 is 1.94 bits per heavy atom. The van der Waals surface area contributed by atoms with Crippen molar-refractivity contribution in [3.05, 3.63) is 12.2 Å². The normalized spacial score (nSPS) is 12.9. The Hall–Kier alpha value is -0.936. The first-order valence-electron chi connectivity index (χ1n) is 4.37. The van der Waals surface area contributed by atoms with Gasteiger partial charge in [0.05, 0.1) is 0 Å². The molecule has 5 nitrogen and oxygen atoms in total. The molecule has 0 aliphatic heterocycles. The Balaban J connectivity index is 0. The summed E-state index contributed by atoms with van der Waals surface area (Å²) in [4.78, 5) is 32.8. The van der Waals surface area contributed by atoms with Crippen LogP contribution in [0, 0.1) is 5.92 Å². The molecule has 0 aliphatic carbocycles. The van der Waals surface area contributed by atoms with Crippen LogP contribution in [0.1, 0.15) is 20.8 Å². The molecule has 0 heterocycles. The van der Waals surface area contributed by atoms with Crippen LogP contribution < -0.4 is 0 Å². The Morgan fingerprint density at radius 1 is 1.25 bits per heavy atom. The zero-order chi connectivity index (χ0) is 12.2. The van der Waals surface area contributed by atoms with Crippen LogP contribution in [-0.4, -0.2) is 28.9 Å². The van der Waals surface area contributed by atoms with Gasteiger partial charge < -0.3 is 9.84 Å². The summed E-state index contributed by atoms with van der Waals surface area (Å²) in [6, 6.07) is 0. The number of hydrogen-bond acceptors (Lipinski definition) is 4. The monoisotopic (exact) mass is 262 g/mol. The fraction of sp³-hybridized carbons (Fsp3) is 0.500. The number of aliphatic carboxylic acids is 1. The predicted molar refractivity (Wildman–Crippen MR) is 52.2 cm³/mol. The van der Waals surface area contributed by atoms with Crippen LogP contribution in [-0.2, 0) is 40.8 Å². The van der Waals surface area contributed by atoms with E-state index in [-0.39, 0.29) is 27.3 Å². The second-order valence-corrected chi connectivity index (χ2v) is 3.32. The van der Waals surface area contributed by atoms with Gasteiger partial charge in [-0.05, 0) is 20.8 Å². The third kappa shape index (κ3) is 5.23. The molecule has 0 saturated heterocycles. The van der Waals surface area contributed by atoms with Crippen molar-refractivity contribution in [3.63, 3.8) is 0 Å². The summed E-state index contributed by atoms with van der Waals surface area (Å²) in [5.41, 5.74) is 0.162. The van der Waals surface area contributed by atoms with E-state index in [1.165, 1.54) is 13.8 Å². The summed E-state index contributed by atoms with van der Waals surface area (Å²) in [5, 5.41) is 8.73. The van der Waals surface area contributed by atoms with Gasteiger partial charge in [0.2, 0.25) is 0 Å². The summed E-state index contributed by atoms with van der Waals surface area (Å²) >= 11 is 0. The minimum atomic E-state index is -1.33. The number of ketones is 1. The number of Topliss-reactive ketones (excluding diaryl/α,β-unsaturated/α-hetero) is 1. The maximum absolute atomic E-state index is 11.1. The van der Waals surface area contributed by atoms with Crippen molar-refractivity contribution in [1.82, 2.24) is 0 Å². The summed E-state index contributed by atoms with van der Waals surface area (Å²) in [7, 11) is 0. The fourth-order valence-corrected chi connectivity index (χ4v) is 1.04. The van der Waals surface area contributed by atoms with E-state index in [0.717, 1.165) is 6.92 Å². The smallest absolute Gasteiger partial charge is 0.333 e. The number of carbonyl (C=O) groups excluding carboxylic acids is 2. The average Bonchev–Trinajstić information content (AvgIpc) is 2.01. The molecule has 0 aromatic carbocycles. The van der Waals surface area contributed by atoms with Crippen LogP contribution in [0.2, 0.25) is 0 Å². The van der Waals surface area contributed by atoms with E-state index >= 15 is 0 Å². The first-order valence-corrected chi connectivity index (χ1v) is 4.37. The Morgan fingerprint density at radius 2 is 1.69 bits per heavy atom. The van der Waals surface area contributed by atoms with Crippen molar-refractivity contribution >= 4 is 17.7 Å². The molecule has 0 spiro atoms. The number of rotatable bonds is 5. The van der Waals surface area contributed by atoms with Gasteiger partial charge in [0.15, 0.2) is 5.92 Å². The van der Waals surface area contributed by atoms with Gasteiger partial charge in [-0.15, -0.1) is 0 Å². The van der Waals surface area contributed by atoms with E-state index in [9.17, 15) is 14.4 Å². The van der Waals surface area contributed by atoms with Crippen molar-refractivity contribution in [2.45, 2.75) is 26.9 Å². The Labute approximate surface area is 109 Å². The molecule has 16 heavy (non-hydrogen) atoms. The van der Waals surface area contributed by atoms with Gasteiger partial charge in [-0.3, -0.25) is 9.59 Å². The van der Waals surface area contributed by atoms with Crippen molar-refractivity contribution in [3.8, 4) is 0 Å². The Kier molecular flexibility index (Phi) is 8.03. The predicted octanol–water partition coefficient (Wildman–Crippen LogP) is 0.782. The van der Waals surface area contributed by atoms with Crippen LogP contribution in [0.4, 0.5) is 0 Å². The third-order valence-corrected chi connectivity index (χ3v) is 1.81. The molecule has 0 rings (SSSR count). The molecule has 2 unspecified atom stereocenters. The van der Waals surface area contributed by atoms with Crippen LogP contribution in [0.15, 0.2) is 12.2 Å². The van der Waals surface area contributed by atoms with Gasteiger partial charge >= 0.3 is 11.9 Å². The molecule has 0 aromatic rings. The zero-order valence-electron chi connectivity index (χ0n) is 9.44. The van der Waals surface area contributed by atoms with E-state index in [4.69, 9.17) is 9.84 Å². The van der Waals surface area contributed by atoms with Gasteiger partial charge in [-0.2, -0.15) is 0 Å². The molecule has 0 bridgehead atoms. The molecule has 0 amide bonds. The van der Waals surface area contributed by atoms with Crippen molar-refractivity contribution in [1.29, 1.82) is 0 Å². The average molecular weight is 262 g/mol. The second-order valence-electron chi connectivity index (χ2n) is 3.32. The summed E-state index contributed by atoms with van der Waals surface area (Å²) in [5.74, 6) is -3.88. The summed E-state index contributed by atoms with van der Waals surface area (Å²) < 4.78 is 4.76. The number of ether oxygens (including phenoxy) is 1. The van der Waals surface area contributed by atoms with E-state index in [1.54, 1.807) is 0 Å². The minimum absolute atomic E-state index is 0. The molecule has 1 N–H and O–H groups in total. The summed E-state index contributed by atoms with van der Waals surface area (Å²) in [6.07, 6.45) is -0.996. The van der Waals surface area contributed by atoms with Crippen LogP contribution >= 0.6 is 0 Å². The second kappa shape index (κ2) is 7.36. The standard InChI is InChI=1S/C10H14O5.Ti/c1-5(2)10(14)15-7(4)8(6(3)11)9(12)13;/h7-8H,1H2,2-4H3,(H,12,13);. The number of carboxylic acids is 1. The number of esters is 1. The molecule has 0 aliphatic rings. The Bertz CT molecular complexity index is 296. The van der Waals surface area contributed by atoms with E-state index in [0.29, 0.717) is 0 Å². The molecular formula is C10H14O5Ti. The molecule has 0 fully saturated rings. The van der Waals surface area contributed by atoms with Crippen molar-refractivity contribution in [2.75, 3.05) is 0 Å². The maximum atomic E-state index is 11.1. The van der Waals surface area contributed by atoms with Crippen LogP contribution in [0.5, 0.6) is 0 Å².